The van der Waals surface area contributed by atoms with Gasteiger partial charge in [0.25, 0.3) is 0 Å². The van der Waals surface area contributed by atoms with E-state index in [0.717, 1.165) is 0 Å². The molecule has 0 bridgehead atoms. The standard InChI is InChI=1S/C16H29F3N4O.HI/c1-5-21-13(24)15(2,3)10-22-14(20-4)23-12-8-6-11(7-9-12)16(17,18)19;/h11-12H,5-10H2,1-4H3,(H,21,24)(H2,20,22,23);1H. The Bertz CT molecular complexity index is 447. The summed E-state index contributed by atoms with van der Waals surface area (Å²) in [6.45, 7) is 6.47. The quantitative estimate of drug-likeness (QED) is 0.324. The van der Waals surface area contributed by atoms with Gasteiger partial charge >= 0.3 is 6.18 Å². The highest BCUT2D eigenvalue weighted by molar-refractivity contribution is 14.0. The monoisotopic (exact) mass is 478 g/mol. The Labute approximate surface area is 165 Å². The number of alkyl halides is 3. The van der Waals surface area contributed by atoms with Crippen molar-refractivity contribution < 1.29 is 18.0 Å². The second kappa shape index (κ2) is 10.4. The number of nitrogens with one attached hydrogen (secondary N) is 3. The Kier molecular flexibility index (Phi) is 10.1. The van der Waals surface area contributed by atoms with Gasteiger partial charge in [-0.15, -0.1) is 24.0 Å². The zero-order valence-electron chi connectivity index (χ0n) is 15.3. The van der Waals surface area contributed by atoms with Gasteiger partial charge in [0, 0.05) is 26.2 Å². The maximum absolute atomic E-state index is 12.7. The molecule has 1 fully saturated rings. The van der Waals surface area contributed by atoms with Crippen LogP contribution < -0.4 is 16.0 Å². The summed E-state index contributed by atoms with van der Waals surface area (Å²) in [5, 5.41) is 9.04. The molecule has 5 nitrogen and oxygen atoms in total. The van der Waals surface area contributed by atoms with Crippen molar-refractivity contribution in [2.45, 2.75) is 58.7 Å². The Morgan fingerprint density at radius 2 is 1.68 bits per heavy atom. The van der Waals surface area contributed by atoms with E-state index >= 15 is 0 Å². The Morgan fingerprint density at radius 3 is 2.12 bits per heavy atom. The summed E-state index contributed by atoms with van der Waals surface area (Å²) in [5.41, 5.74) is -0.610. The SMILES string of the molecule is CCNC(=O)C(C)(C)CNC(=NC)NC1CCC(C(F)(F)F)CC1.I. The van der Waals surface area contributed by atoms with Gasteiger partial charge in [-0.3, -0.25) is 9.79 Å². The number of guanidine groups is 1. The van der Waals surface area contributed by atoms with E-state index in [1.54, 1.807) is 7.05 Å². The molecule has 0 atom stereocenters. The lowest BCUT2D eigenvalue weighted by Crippen LogP contribution is -2.50. The molecule has 1 saturated carbocycles. The predicted molar refractivity (Wildman–Crippen MR) is 104 cm³/mol. The van der Waals surface area contributed by atoms with Gasteiger partial charge in [-0.1, -0.05) is 0 Å². The number of halogens is 4. The molecule has 1 aliphatic carbocycles. The minimum atomic E-state index is -4.10. The van der Waals surface area contributed by atoms with Crippen LogP contribution >= 0.6 is 24.0 Å². The maximum Gasteiger partial charge on any atom is 0.391 e. The maximum atomic E-state index is 12.7. The van der Waals surface area contributed by atoms with Crippen LogP contribution in [0.2, 0.25) is 0 Å². The number of hydrogen-bond acceptors (Lipinski definition) is 2. The molecule has 25 heavy (non-hydrogen) atoms. The van der Waals surface area contributed by atoms with Gasteiger partial charge < -0.3 is 16.0 Å². The number of amides is 1. The summed E-state index contributed by atoms with van der Waals surface area (Å²) in [6, 6.07) is -0.0256. The van der Waals surface area contributed by atoms with Gasteiger partial charge in [0.2, 0.25) is 5.91 Å². The van der Waals surface area contributed by atoms with E-state index in [2.05, 4.69) is 20.9 Å². The highest BCUT2D eigenvalue weighted by Gasteiger charge is 2.41. The summed E-state index contributed by atoms with van der Waals surface area (Å²) < 4.78 is 38.1. The molecular weight excluding hydrogens is 448 g/mol. The molecule has 9 heteroatoms. The molecule has 0 heterocycles. The van der Waals surface area contributed by atoms with Gasteiger partial charge in [0.15, 0.2) is 5.96 Å². The summed E-state index contributed by atoms with van der Waals surface area (Å²) in [4.78, 5) is 16.1. The number of nitrogens with zero attached hydrogens (tertiary/aromatic N) is 1. The van der Waals surface area contributed by atoms with Crippen molar-refractivity contribution in [1.29, 1.82) is 0 Å². The molecule has 0 spiro atoms. The molecule has 1 rings (SSSR count). The molecule has 0 aromatic rings. The topological polar surface area (TPSA) is 65.5 Å². The third kappa shape index (κ3) is 8.00. The van der Waals surface area contributed by atoms with Gasteiger partial charge in [-0.05, 0) is 46.5 Å². The minimum absolute atomic E-state index is 0. The Hall–Kier alpha value is -0.740. The van der Waals surface area contributed by atoms with Crippen LogP contribution in [0.4, 0.5) is 13.2 Å². The van der Waals surface area contributed by atoms with Crippen molar-refractivity contribution >= 4 is 35.8 Å². The lowest BCUT2D eigenvalue weighted by atomic mass is 9.85. The van der Waals surface area contributed by atoms with Crippen molar-refractivity contribution in [2.75, 3.05) is 20.1 Å². The number of carbonyl (C=O) groups excluding carboxylic acids is 1. The van der Waals surface area contributed by atoms with Crippen LogP contribution in [-0.2, 0) is 4.79 Å². The number of rotatable bonds is 5. The van der Waals surface area contributed by atoms with Crippen molar-refractivity contribution in [3.8, 4) is 0 Å². The summed E-state index contributed by atoms with van der Waals surface area (Å²) in [6.07, 6.45) is -2.89. The molecular formula is C16H30F3IN4O. The van der Waals surface area contributed by atoms with Gasteiger partial charge in [-0.25, -0.2) is 0 Å². The van der Waals surface area contributed by atoms with Crippen molar-refractivity contribution in [1.82, 2.24) is 16.0 Å². The lowest BCUT2D eigenvalue weighted by molar-refractivity contribution is -0.182. The van der Waals surface area contributed by atoms with Crippen LogP contribution in [0.5, 0.6) is 0 Å². The van der Waals surface area contributed by atoms with E-state index in [-0.39, 0.29) is 48.8 Å². The minimum Gasteiger partial charge on any atom is -0.356 e. The van der Waals surface area contributed by atoms with Crippen LogP contribution in [0.1, 0.15) is 46.5 Å². The number of carbonyl (C=O) groups is 1. The molecule has 148 valence electrons. The van der Waals surface area contributed by atoms with Gasteiger partial charge in [0.1, 0.15) is 0 Å². The first-order chi connectivity index (χ1) is 11.1. The zero-order valence-corrected chi connectivity index (χ0v) is 17.6. The van der Waals surface area contributed by atoms with E-state index in [0.29, 0.717) is 31.9 Å². The normalized spacial score (nSPS) is 22.0. The average molecular weight is 478 g/mol. The summed E-state index contributed by atoms with van der Waals surface area (Å²) in [7, 11) is 1.61. The van der Waals surface area contributed by atoms with Crippen LogP contribution in [0.25, 0.3) is 0 Å². The van der Waals surface area contributed by atoms with E-state index in [1.165, 1.54) is 0 Å². The van der Waals surface area contributed by atoms with E-state index < -0.39 is 17.5 Å². The van der Waals surface area contributed by atoms with E-state index in [4.69, 9.17) is 0 Å². The lowest BCUT2D eigenvalue weighted by Gasteiger charge is -2.32. The molecule has 1 aliphatic rings. The van der Waals surface area contributed by atoms with Gasteiger partial charge in [-0.2, -0.15) is 13.2 Å². The fraction of sp³-hybridized carbons (Fsp3) is 0.875. The Morgan fingerprint density at radius 1 is 1.12 bits per heavy atom. The number of aliphatic imine (C=N–C) groups is 1. The molecule has 0 aromatic carbocycles. The van der Waals surface area contributed by atoms with Crippen molar-refractivity contribution in [3.63, 3.8) is 0 Å². The third-order valence-corrected chi connectivity index (χ3v) is 4.40. The first kappa shape index (κ1) is 24.3. The highest BCUT2D eigenvalue weighted by atomic mass is 127. The molecule has 1 amide bonds. The van der Waals surface area contributed by atoms with Crippen LogP contribution in [0.3, 0.4) is 0 Å². The zero-order chi connectivity index (χ0) is 18.4. The van der Waals surface area contributed by atoms with Crippen LogP contribution in [0, 0.1) is 11.3 Å². The molecule has 0 saturated heterocycles. The third-order valence-electron chi connectivity index (χ3n) is 4.40. The molecule has 0 aliphatic heterocycles. The molecule has 0 aromatic heterocycles. The predicted octanol–water partition coefficient (Wildman–Crippen LogP) is 3.05. The second-order valence-corrected chi connectivity index (χ2v) is 6.90. The van der Waals surface area contributed by atoms with Crippen LogP contribution in [-0.4, -0.2) is 44.2 Å². The molecule has 3 N–H and O–H groups in total. The first-order valence-electron chi connectivity index (χ1n) is 8.42. The highest BCUT2D eigenvalue weighted by Crippen LogP contribution is 2.37. The van der Waals surface area contributed by atoms with E-state index in [9.17, 15) is 18.0 Å². The average Bonchev–Trinajstić information content (AvgIpc) is 2.51. The second-order valence-electron chi connectivity index (χ2n) is 6.90. The van der Waals surface area contributed by atoms with Crippen molar-refractivity contribution in [3.05, 3.63) is 0 Å². The fourth-order valence-corrected chi connectivity index (χ4v) is 2.74. The largest absolute Gasteiger partial charge is 0.391 e. The number of hydrogen-bond donors (Lipinski definition) is 3. The molecule has 0 unspecified atom stereocenters. The first-order valence-corrected chi connectivity index (χ1v) is 8.42. The fourth-order valence-electron chi connectivity index (χ4n) is 2.74. The summed E-state index contributed by atoms with van der Waals surface area (Å²) in [5.74, 6) is -0.733. The van der Waals surface area contributed by atoms with Crippen molar-refractivity contribution in [2.24, 2.45) is 16.3 Å². The summed E-state index contributed by atoms with van der Waals surface area (Å²) >= 11 is 0. The van der Waals surface area contributed by atoms with E-state index in [1.807, 2.05) is 20.8 Å². The smallest absolute Gasteiger partial charge is 0.356 e. The molecule has 0 radical (unpaired) electrons. The van der Waals surface area contributed by atoms with Gasteiger partial charge in [0.05, 0.1) is 11.3 Å². The van der Waals surface area contributed by atoms with Crippen LogP contribution in [0.15, 0.2) is 4.99 Å². The Balaban J connectivity index is 0.00000576.